The van der Waals surface area contributed by atoms with E-state index in [1.807, 2.05) is 31.7 Å². The van der Waals surface area contributed by atoms with E-state index in [9.17, 15) is 14.0 Å². The summed E-state index contributed by atoms with van der Waals surface area (Å²) in [5, 5.41) is 13.2. The summed E-state index contributed by atoms with van der Waals surface area (Å²) in [5.74, 6) is -0.487. The summed E-state index contributed by atoms with van der Waals surface area (Å²) >= 11 is 0. The van der Waals surface area contributed by atoms with Crippen LogP contribution in [0.5, 0.6) is 0 Å². The Labute approximate surface area is 225 Å². The van der Waals surface area contributed by atoms with E-state index in [1.54, 1.807) is 28.9 Å². The second-order valence-electron chi connectivity index (χ2n) is 9.34. The average Bonchev–Trinajstić information content (AvgIpc) is 3.27. The van der Waals surface area contributed by atoms with Crippen LogP contribution in [0.2, 0.25) is 0 Å². The number of ether oxygens (including phenoxy) is 1. The van der Waals surface area contributed by atoms with Crippen molar-refractivity contribution in [3.63, 3.8) is 0 Å². The molecule has 0 saturated carbocycles. The summed E-state index contributed by atoms with van der Waals surface area (Å²) in [5.41, 5.74) is 4.91. The first-order valence-electron chi connectivity index (χ1n) is 12.8. The number of fused-ring (bicyclic) bond motifs is 1. The molecule has 0 spiro atoms. The maximum Gasteiger partial charge on any atom is 0.255 e. The number of carbonyl (C=O) groups is 2. The van der Waals surface area contributed by atoms with Crippen LogP contribution in [0.15, 0.2) is 48.9 Å². The Morgan fingerprint density at radius 3 is 2.64 bits per heavy atom. The van der Waals surface area contributed by atoms with Crippen molar-refractivity contribution in [1.29, 1.82) is 0 Å². The minimum atomic E-state index is -0.428. The van der Waals surface area contributed by atoms with Gasteiger partial charge in [0.2, 0.25) is 0 Å². The van der Waals surface area contributed by atoms with Crippen LogP contribution >= 0.6 is 0 Å². The lowest BCUT2D eigenvalue weighted by molar-refractivity contribution is 0.0954. The Morgan fingerprint density at radius 2 is 1.87 bits per heavy atom. The van der Waals surface area contributed by atoms with Gasteiger partial charge in [0.05, 0.1) is 18.8 Å². The summed E-state index contributed by atoms with van der Waals surface area (Å²) in [4.78, 5) is 32.1. The molecule has 0 unspecified atom stereocenters. The molecule has 3 heterocycles. The summed E-state index contributed by atoms with van der Waals surface area (Å²) in [6.45, 7) is 8.60. The minimum Gasteiger partial charge on any atom is -0.378 e. The molecule has 0 radical (unpaired) electrons. The summed E-state index contributed by atoms with van der Waals surface area (Å²) < 4.78 is 21.4. The van der Waals surface area contributed by atoms with Crippen LogP contribution in [0, 0.1) is 19.7 Å². The molecular weight excluding hydrogens is 501 g/mol. The summed E-state index contributed by atoms with van der Waals surface area (Å²) in [6, 6.07) is 9.77. The number of hydrogen-bond acceptors (Lipinski definition) is 7. The lowest BCUT2D eigenvalue weighted by Gasteiger charge is -2.29. The van der Waals surface area contributed by atoms with Gasteiger partial charge in [-0.05, 0) is 62.2 Å². The number of aryl methyl sites for hydroxylation is 2. The molecule has 1 fully saturated rings. The van der Waals surface area contributed by atoms with Gasteiger partial charge < -0.3 is 25.6 Å². The van der Waals surface area contributed by atoms with Crippen LogP contribution in [0.3, 0.4) is 0 Å². The Kier molecular flexibility index (Phi) is 7.42. The van der Waals surface area contributed by atoms with Gasteiger partial charge in [-0.1, -0.05) is 6.07 Å². The number of nitrogens with zero attached hydrogens (tertiary/aromatic N) is 4. The minimum absolute atomic E-state index is 0.185. The third-order valence-electron chi connectivity index (χ3n) is 6.68. The molecule has 10 nitrogen and oxygen atoms in total. The fraction of sp³-hybridized carbons (Fsp3) is 0.286. The highest BCUT2D eigenvalue weighted by atomic mass is 19.1. The highest BCUT2D eigenvalue weighted by Crippen LogP contribution is 2.28. The number of amides is 2. The molecule has 2 aromatic carbocycles. The van der Waals surface area contributed by atoms with E-state index in [4.69, 9.17) is 4.74 Å². The molecule has 2 aromatic heterocycles. The molecule has 0 aliphatic carbocycles. The lowest BCUT2D eigenvalue weighted by Crippen LogP contribution is -2.36. The fourth-order valence-corrected chi connectivity index (χ4v) is 4.62. The van der Waals surface area contributed by atoms with Gasteiger partial charge in [-0.15, -0.1) is 0 Å². The number of rotatable bonds is 7. The van der Waals surface area contributed by atoms with Gasteiger partial charge in [-0.2, -0.15) is 5.10 Å². The molecule has 1 saturated heterocycles. The van der Waals surface area contributed by atoms with E-state index in [-0.39, 0.29) is 11.8 Å². The average molecular weight is 532 g/mol. The molecule has 1 aliphatic heterocycles. The van der Waals surface area contributed by atoms with Crippen molar-refractivity contribution in [3.8, 4) is 0 Å². The Balaban J connectivity index is 1.40. The molecule has 5 rings (SSSR count). The highest BCUT2D eigenvalue weighted by Gasteiger charge is 2.19. The molecule has 202 valence electrons. The second-order valence-corrected chi connectivity index (χ2v) is 9.34. The standard InChI is InChI=1S/C28H30FN7O3/c1-4-30-28(38)23-15-36-25(18(23)3)26(31-16-32-36)34-24-11-19(6-5-17(24)2)27(37)33-21-12-20(29)13-22(14-21)35-7-9-39-10-8-35/h5-6,11-16H,4,7-10H2,1-3H3,(H,30,38)(H,33,37)(H,31,32,34). The Bertz CT molecular complexity index is 1550. The van der Waals surface area contributed by atoms with Crippen LogP contribution < -0.4 is 20.9 Å². The third kappa shape index (κ3) is 5.53. The number of morpholine rings is 1. The molecule has 2 amide bonds. The van der Waals surface area contributed by atoms with E-state index in [0.29, 0.717) is 72.4 Å². The number of aromatic nitrogens is 3. The van der Waals surface area contributed by atoms with Crippen molar-refractivity contribution >= 4 is 40.2 Å². The smallest absolute Gasteiger partial charge is 0.255 e. The zero-order chi connectivity index (χ0) is 27.5. The van der Waals surface area contributed by atoms with Gasteiger partial charge >= 0.3 is 0 Å². The SMILES string of the molecule is CCNC(=O)c1cn2ncnc(Nc3cc(C(=O)Nc4cc(F)cc(N5CCOCC5)c4)ccc3C)c2c1C. The van der Waals surface area contributed by atoms with Gasteiger partial charge in [-0.25, -0.2) is 13.9 Å². The third-order valence-corrected chi connectivity index (χ3v) is 6.68. The quantitative estimate of drug-likeness (QED) is 0.330. The fourth-order valence-electron chi connectivity index (χ4n) is 4.62. The topological polar surface area (TPSA) is 113 Å². The lowest BCUT2D eigenvalue weighted by atomic mass is 10.1. The van der Waals surface area contributed by atoms with Gasteiger partial charge in [0.15, 0.2) is 5.82 Å². The van der Waals surface area contributed by atoms with Crippen LogP contribution in [-0.2, 0) is 4.74 Å². The van der Waals surface area contributed by atoms with Crippen LogP contribution in [0.4, 0.5) is 27.3 Å². The first-order chi connectivity index (χ1) is 18.8. The van der Waals surface area contributed by atoms with Crippen LogP contribution in [0.25, 0.3) is 5.52 Å². The van der Waals surface area contributed by atoms with Crippen molar-refractivity contribution in [2.75, 3.05) is 48.4 Å². The predicted molar refractivity (Wildman–Crippen MR) is 148 cm³/mol. The number of nitrogens with one attached hydrogen (secondary N) is 3. The maximum atomic E-state index is 14.4. The van der Waals surface area contributed by atoms with Crippen molar-refractivity contribution in [2.45, 2.75) is 20.8 Å². The van der Waals surface area contributed by atoms with Crippen LogP contribution in [-0.4, -0.2) is 59.3 Å². The van der Waals surface area contributed by atoms with E-state index in [1.165, 1.54) is 18.5 Å². The second kappa shape index (κ2) is 11.1. The van der Waals surface area contributed by atoms with Gasteiger partial charge in [0, 0.05) is 48.5 Å². The zero-order valence-corrected chi connectivity index (χ0v) is 22.0. The van der Waals surface area contributed by atoms with E-state index in [2.05, 4.69) is 26.0 Å². The summed E-state index contributed by atoms with van der Waals surface area (Å²) in [6.07, 6.45) is 3.07. The van der Waals surface area contributed by atoms with Crippen molar-refractivity contribution in [3.05, 3.63) is 77.0 Å². The zero-order valence-electron chi connectivity index (χ0n) is 22.0. The molecular formula is C28H30FN7O3. The highest BCUT2D eigenvalue weighted by molar-refractivity contribution is 6.05. The predicted octanol–water partition coefficient (Wildman–Crippen LogP) is 4.07. The van der Waals surface area contributed by atoms with Gasteiger partial charge in [-0.3, -0.25) is 9.59 Å². The molecule has 39 heavy (non-hydrogen) atoms. The first kappa shape index (κ1) is 26.1. The van der Waals surface area contributed by atoms with E-state index in [0.717, 1.165) is 11.1 Å². The normalized spacial score (nSPS) is 13.4. The Morgan fingerprint density at radius 1 is 1.08 bits per heavy atom. The maximum absolute atomic E-state index is 14.4. The molecule has 3 N–H and O–H groups in total. The molecule has 1 aliphatic rings. The number of hydrogen-bond donors (Lipinski definition) is 3. The van der Waals surface area contributed by atoms with E-state index < -0.39 is 5.82 Å². The molecule has 4 aromatic rings. The Hall–Kier alpha value is -4.51. The molecule has 0 atom stereocenters. The van der Waals surface area contributed by atoms with Gasteiger partial charge in [0.1, 0.15) is 17.7 Å². The summed E-state index contributed by atoms with van der Waals surface area (Å²) in [7, 11) is 0. The van der Waals surface area contributed by atoms with E-state index >= 15 is 0 Å². The van der Waals surface area contributed by atoms with Crippen molar-refractivity contribution < 1.29 is 18.7 Å². The number of carbonyl (C=O) groups excluding carboxylic acids is 2. The molecule has 0 bridgehead atoms. The van der Waals surface area contributed by atoms with Crippen LogP contribution in [0.1, 0.15) is 38.8 Å². The number of halogens is 1. The van der Waals surface area contributed by atoms with Crippen molar-refractivity contribution in [2.24, 2.45) is 0 Å². The monoisotopic (exact) mass is 531 g/mol. The number of anilines is 4. The number of benzene rings is 2. The van der Waals surface area contributed by atoms with Crippen molar-refractivity contribution in [1.82, 2.24) is 19.9 Å². The first-order valence-corrected chi connectivity index (χ1v) is 12.8. The molecule has 11 heteroatoms. The largest absolute Gasteiger partial charge is 0.378 e. The van der Waals surface area contributed by atoms with Gasteiger partial charge in [0.25, 0.3) is 11.8 Å².